The van der Waals surface area contributed by atoms with Gasteiger partial charge in [-0.1, -0.05) is 5.16 Å². The van der Waals surface area contributed by atoms with Gasteiger partial charge in [0.1, 0.15) is 5.76 Å². The number of rotatable bonds is 4. The smallest absolute Gasteiger partial charge is 0.321 e. The van der Waals surface area contributed by atoms with Crippen molar-refractivity contribution in [1.29, 1.82) is 0 Å². The first-order valence-electron chi connectivity index (χ1n) is 9.35. The number of nitrogens with one attached hydrogen (secondary N) is 2. The molecule has 0 unspecified atom stereocenters. The average Bonchev–Trinajstić information content (AvgIpc) is 3.40. The highest BCUT2D eigenvalue weighted by Crippen LogP contribution is 2.22. The summed E-state index contributed by atoms with van der Waals surface area (Å²) >= 11 is 0. The molecular weight excluding hydrogens is 374 g/mol. The summed E-state index contributed by atoms with van der Waals surface area (Å²) in [6, 6.07) is 6.77. The summed E-state index contributed by atoms with van der Waals surface area (Å²) < 4.78 is 6.55. The van der Waals surface area contributed by atoms with E-state index in [2.05, 4.69) is 25.9 Å². The van der Waals surface area contributed by atoms with Gasteiger partial charge in [0.25, 0.3) is 0 Å². The number of aromatic nitrogens is 4. The molecule has 3 amide bonds. The molecule has 4 rings (SSSR count). The van der Waals surface area contributed by atoms with Crippen molar-refractivity contribution >= 4 is 23.4 Å². The summed E-state index contributed by atoms with van der Waals surface area (Å²) in [5, 5.41) is 13.6. The first kappa shape index (κ1) is 18.7. The monoisotopic (exact) mass is 395 g/mol. The van der Waals surface area contributed by atoms with Crippen LogP contribution in [-0.4, -0.2) is 49.8 Å². The van der Waals surface area contributed by atoms with Crippen LogP contribution in [0.2, 0.25) is 0 Å². The summed E-state index contributed by atoms with van der Waals surface area (Å²) in [5.41, 5.74) is 0.572. The topological polar surface area (TPSA) is 118 Å². The van der Waals surface area contributed by atoms with Gasteiger partial charge in [0.2, 0.25) is 5.91 Å². The lowest BCUT2D eigenvalue weighted by Gasteiger charge is -2.31. The number of carbonyl (C=O) groups excluding carboxylic acids is 2. The van der Waals surface area contributed by atoms with Crippen LogP contribution in [0.15, 0.2) is 47.4 Å². The molecule has 4 heterocycles. The van der Waals surface area contributed by atoms with Gasteiger partial charge in [-0.25, -0.2) is 14.5 Å². The van der Waals surface area contributed by atoms with Crippen molar-refractivity contribution in [1.82, 2.24) is 24.8 Å². The number of pyridine rings is 1. The summed E-state index contributed by atoms with van der Waals surface area (Å²) in [5.74, 6) is 1.32. The van der Waals surface area contributed by atoms with Crippen molar-refractivity contribution in [3.05, 3.63) is 48.6 Å². The summed E-state index contributed by atoms with van der Waals surface area (Å²) in [7, 11) is 0. The highest BCUT2D eigenvalue weighted by atomic mass is 16.5. The quantitative estimate of drug-likeness (QED) is 0.700. The SMILES string of the molecule is Cc1cc(NC(=O)C2CCN(C(=O)Nc3cccnc3-n3cccn3)CC2)no1. The van der Waals surface area contributed by atoms with Crippen LogP contribution in [0.3, 0.4) is 0 Å². The first-order valence-corrected chi connectivity index (χ1v) is 9.35. The van der Waals surface area contributed by atoms with Crippen LogP contribution in [0.1, 0.15) is 18.6 Å². The highest BCUT2D eigenvalue weighted by molar-refractivity contribution is 5.93. The minimum atomic E-state index is -0.225. The Kier molecular flexibility index (Phi) is 5.23. The van der Waals surface area contributed by atoms with Gasteiger partial charge in [-0.15, -0.1) is 0 Å². The molecule has 0 atom stereocenters. The Balaban J connectivity index is 1.33. The Hall–Kier alpha value is -3.69. The molecule has 150 valence electrons. The average molecular weight is 395 g/mol. The van der Waals surface area contributed by atoms with Gasteiger partial charge in [-0.3, -0.25) is 4.79 Å². The largest absolute Gasteiger partial charge is 0.360 e. The molecule has 0 saturated carbocycles. The van der Waals surface area contributed by atoms with Crippen LogP contribution < -0.4 is 10.6 Å². The second kappa shape index (κ2) is 8.13. The van der Waals surface area contributed by atoms with E-state index in [1.54, 1.807) is 59.4 Å². The van der Waals surface area contributed by atoms with Crippen LogP contribution in [-0.2, 0) is 4.79 Å². The normalized spacial score (nSPS) is 14.6. The van der Waals surface area contributed by atoms with Crippen molar-refractivity contribution in [2.24, 2.45) is 5.92 Å². The zero-order valence-electron chi connectivity index (χ0n) is 15.9. The zero-order chi connectivity index (χ0) is 20.2. The standard InChI is InChI=1S/C19H21N7O3/c1-13-12-16(24-29-13)23-18(27)14-5-10-25(11-6-14)19(28)22-15-4-2-7-20-17(15)26-9-3-8-21-26/h2-4,7-9,12,14H,5-6,10-11H2,1H3,(H,22,28)(H,23,24,27). The minimum absolute atomic E-state index is 0.105. The summed E-state index contributed by atoms with van der Waals surface area (Å²) in [6.07, 6.45) is 6.21. The van der Waals surface area contributed by atoms with Gasteiger partial charge < -0.3 is 20.1 Å². The summed E-state index contributed by atoms with van der Waals surface area (Å²) in [6.45, 7) is 2.73. The number of piperidine rings is 1. The van der Waals surface area contributed by atoms with Gasteiger partial charge in [0.05, 0.1) is 5.69 Å². The molecule has 1 aliphatic heterocycles. The summed E-state index contributed by atoms with van der Waals surface area (Å²) in [4.78, 5) is 31.1. The fraction of sp³-hybridized carbons (Fsp3) is 0.316. The van der Waals surface area contributed by atoms with E-state index in [4.69, 9.17) is 4.52 Å². The number of likely N-dealkylation sites (tertiary alicyclic amines) is 1. The van der Waals surface area contributed by atoms with Gasteiger partial charge in [0, 0.05) is 43.7 Å². The fourth-order valence-corrected chi connectivity index (χ4v) is 3.26. The predicted molar refractivity (Wildman–Crippen MR) is 105 cm³/mol. The van der Waals surface area contributed by atoms with E-state index in [1.165, 1.54) is 0 Å². The second-order valence-electron chi connectivity index (χ2n) is 6.83. The molecule has 1 fully saturated rings. The molecule has 0 aromatic carbocycles. The predicted octanol–water partition coefficient (Wildman–Crippen LogP) is 2.45. The van der Waals surface area contributed by atoms with Crippen molar-refractivity contribution < 1.29 is 14.1 Å². The van der Waals surface area contributed by atoms with E-state index in [0.29, 0.717) is 49.0 Å². The molecule has 10 heteroatoms. The Labute approximate surface area is 166 Å². The number of amides is 3. The van der Waals surface area contributed by atoms with E-state index in [-0.39, 0.29) is 17.9 Å². The van der Waals surface area contributed by atoms with Crippen LogP contribution in [0, 0.1) is 12.8 Å². The molecule has 10 nitrogen and oxygen atoms in total. The molecule has 1 saturated heterocycles. The number of hydrogen-bond donors (Lipinski definition) is 2. The molecule has 29 heavy (non-hydrogen) atoms. The number of urea groups is 1. The third kappa shape index (κ3) is 4.26. The lowest BCUT2D eigenvalue weighted by molar-refractivity contribution is -0.121. The molecule has 3 aromatic rings. The maximum atomic E-state index is 12.7. The molecular formula is C19H21N7O3. The van der Waals surface area contributed by atoms with Crippen LogP contribution in [0.5, 0.6) is 0 Å². The molecule has 0 bridgehead atoms. The number of anilines is 2. The van der Waals surface area contributed by atoms with Crippen LogP contribution >= 0.6 is 0 Å². The van der Waals surface area contributed by atoms with Gasteiger partial charge in [-0.05, 0) is 38.0 Å². The highest BCUT2D eigenvalue weighted by Gasteiger charge is 2.28. The van der Waals surface area contributed by atoms with E-state index in [9.17, 15) is 9.59 Å². The first-order chi connectivity index (χ1) is 14.1. The number of carbonyl (C=O) groups is 2. The lowest BCUT2D eigenvalue weighted by Crippen LogP contribution is -2.43. The van der Waals surface area contributed by atoms with E-state index < -0.39 is 0 Å². The Morgan fingerprint density at radius 1 is 1.17 bits per heavy atom. The molecule has 0 spiro atoms. The van der Waals surface area contributed by atoms with Crippen molar-refractivity contribution in [3.8, 4) is 5.82 Å². The zero-order valence-corrected chi connectivity index (χ0v) is 15.9. The molecule has 0 radical (unpaired) electrons. The Bertz CT molecular complexity index is 991. The van der Waals surface area contributed by atoms with Gasteiger partial charge >= 0.3 is 6.03 Å². The number of nitrogens with zero attached hydrogens (tertiary/aromatic N) is 5. The molecule has 3 aromatic heterocycles. The van der Waals surface area contributed by atoms with E-state index in [1.807, 2.05) is 0 Å². The third-order valence-electron chi connectivity index (χ3n) is 4.78. The maximum absolute atomic E-state index is 12.7. The molecule has 1 aliphatic rings. The molecule has 2 N–H and O–H groups in total. The second-order valence-corrected chi connectivity index (χ2v) is 6.83. The Morgan fingerprint density at radius 3 is 2.69 bits per heavy atom. The van der Waals surface area contributed by atoms with Gasteiger partial charge in [-0.2, -0.15) is 5.10 Å². The minimum Gasteiger partial charge on any atom is -0.360 e. The van der Waals surface area contributed by atoms with Crippen molar-refractivity contribution in [3.63, 3.8) is 0 Å². The van der Waals surface area contributed by atoms with Crippen LogP contribution in [0.25, 0.3) is 5.82 Å². The van der Waals surface area contributed by atoms with Crippen molar-refractivity contribution in [2.75, 3.05) is 23.7 Å². The van der Waals surface area contributed by atoms with E-state index >= 15 is 0 Å². The van der Waals surface area contributed by atoms with Crippen molar-refractivity contribution in [2.45, 2.75) is 19.8 Å². The molecule has 0 aliphatic carbocycles. The van der Waals surface area contributed by atoms with Gasteiger partial charge in [0.15, 0.2) is 11.6 Å². The number of hydrogen-bond acceptors (Lipinski definition) is 6. The Morgan fingerprint density at radius 2 is 2.00 bits per heavy atom. The third-order valence-corrected chi connectivity index (χ3v) is 4.78. The maximum Gasteiger partial charge on any atom is 0.321 e. The van der Waals surface area contributed by atoms with Crippen LogP contribution in [0.4, 0.5) is 16.3 Å². The lowest BCUT2D eigenvalue weighted by atomic mass is 9.96. The number of aryl methyl sites for hydroxylation is 1. The fourth-order valence-electron chi connectivity index (χ4n) is 3.26. The van der Waals surface area contributed by atoms with E-state index in [0.717, 1.165) is 0 Å².